The summed E-state index contributed by atoms with van der Waals surface area (Å²) in [6, 6.07) is 8.32. The Labute approximate surface area is 106 Å². The smallest absolute Gasteiger partial charge is 0.0329 e. The molecule has 0 spiro atoms. The van der Waals surface area contributed by atoms with Crippen LogP contribution in [0.15, 0.2) is 18.2 Å². The molecule has 94 valence electrons. The monoisotopic (exact) mass is 231 g/mol. The molecule has 0 bridgehead atoms. The molecule has 17 heavy (non-hydrogen) atoms. The van der Waals surface area contributed by atoms with Gasteiger partial charge >= 0.3 is 0 Å². The molecule has 0 radical (unpaired) electrons. The topological polar surface area (TPSA) is 3.24 Å². The Hall–Kier alpha value is -0.820. The molecule has 1 nitrogen and oxygen atoms in total. The van der Waals surface area contributed by atoms with Crippen LogP contribution in [0.4, 0.5) is 0 Å². The maximum absolute atomic E-state index is 2.57. The zero-order chi connectivity index (χ0) is 12.6. The summed E-state index contributed by atoms with van der Waals surface area (Å²) in [4.78, 5) is 2.57. The van der Waals surface area contributed by atoms with Crippen LogP contribution in [-0.2, 0) is 6.54 Å². The van der Waals surface area contributed by atoms with Gasteiger partial charge in [-0.3, -0.25) is 4.90 Å². The minimum atomic E-state index is 0.580. The van der Waals surface area contributed by atoms with Gasteiger partial charge in [0.2, 0.25) is 0 Å². The van der Waals surface area contributed by atoms with Crippen LogP contribution in [0.1, 0.15) is 69.7 Å². The van der Waals surface area contributed by atoms with E-state index >= 15 is 0 Å². The van der Waals surface area contributed by atoms with Crippen molar-refractivity contribution in [1.29, 1.82) is 0 Å². The standard InChI is InChI=1S/C16H25N/c1-6-12(4)14-7-8-16-13(5)17(11(2)3)10-15(16)9-14/h7-9,11-13H,6,10H2,1-5H3. The fourth-order valence-electron chi connectivity index (χ4n) is 2.85. The predicted molar refractivity (Wildman–Crippen MR) is 74.2 cm³/mol. The van der Waals surface area contributed by atoms with E-state index in [1.54, 1.807) is 5.56 Å². The summed E-state index contributed by atoms with van der Waals surface area (Å²) >= 11 is 0. The van der Waals surface area contributed by atoms with Gasteiger partial charge in [-0.05, 0) is 49.8 Å². The zero-order valence-corrected chi connectivity index (χ0v) is 11.8. The first-order chi connectivity index (χ1) is 8.04. The molecule has 1 aromatic carbocycles. The lowest BCUT2D eigenvalue weighted by atomic mass is 9.94. The van der Waals surface area contributed by atoms with Crippen LogP contribution in [-0.4, -0.2) is 10.9 Å². The van der Waals surface area contributed by atoms with Gasteiger partial charge in [-0.15, -0.1) is 0 Å². The van der Waals surface area contributed by atoms with Crippen molar-refractivity contribution in [3.8, 4) is 0 Å². The van der Waals surface area contributed by atoms with Crippen molar-refractivity contribution in [1.82, 2.24) is 4.90 Å². The average molecular weight is 231 g/mol. The molecule has 1 heterocycles. The highest BCUT2D eigenvalue weighted by molar-refractivity contribution is 5.38. The van der Waals surface area contributed by atoms with Crippen molar-refractivity contribution in [2.45, 2.75) is 65.6 Å². The summed E-state index contributed by atoms with van der Waals surface area (Å²) in [5.74, 6) is 0.684. The molecule has 0 saturated heterocycles. The second kappa shape index (κ2) is 4.81. The number of fused-ring (bicyclic) bond motifs is 1. The van der Waals surface area contributed by atoms with E-state index in [0.717, 1.165) is 6.54 Å². The molecule has 0 saturated carbocycles. The van der Waals surface area contributed by atoms with E-state index in [-0.39, 0.29) is 0 Å². The molecular formula is C16H25N. The molecule has 0 amide bonds. The van der Waals surface area contributed by atoms with Crippen LogP contribution in [0.5, 0.6) is 0 Å². The minimum Gasteiger partial charge on any atom is -0.290 e. The van der Waals surface area contributed by atoms with Crippen molar-refractivity contribution in [3.63, 3.8) is 0 Å². The van der Waals surface area contributed by atoms with Gasteiger partial charge in [-0.25, -0.2) is 0 Å². The summed E-state index contributed by atoms with van der Waals surface area (Å²) in [7, 11) is 0. The maximum atomic E-state index is 2.57. The van der Waals surface area contributed by atoms with Crippen LogP contribution in [0.2, 0.25) is 0 Å². The lowest BCUT2D eigenvalue weighted by Crippen LogP contribution is -2.27. The van der Waals surface area contributed by atoms with Gasteiger partial charge in [0, 0.05) is 18.6 Å². The van der Waals surface area contributed by atoms with Gasteiger partial charge in [0.15, 0.2) is 0 Å². The number of benzene rings is 1. The Morgan fingerprint density at radius 2 is 2.00 bits per heavy atom. The zero-order valence-electron chi connectivity index (χ0n) is 11.8. The molecule has 1 aromatic rings. The summed E-state index contributed by atoms with van der Waals surface area (Å²) in [5.41, 5.74) is 4.58. The van der Waals surface area contributed by atoms with E-state index in [4.69, 9.17) is 0 Å². The Morgan fingerprint density at radius 1 is 1.29 bits per heavy atom. The van der Waals surface area contributed by atoms with Crippen LogP contribution in [0.25, 0.3) is 0 Å². The lowest BCUT2D eigenvalue weighted by Gasteiger charge is -2.25. The normalized spacial score (nSPS) is 21.9. The van der Waals surface area contributed by atoms with E-state index in [1.165, 1.54) is 17.5 Å². The van der Waals surface area contributed by atoms with Crippen LogP contribution in [0.3, 0.4) is 0 Å². The van der Waals surface area contributed by atoms with Crippen molar-refractivity contribution < 1.29 is 0 Å². The third-order valence-electron chi connectivity index (χ3n) is 4.31. The van der Waals surface area contributed by atoms with Gasteiger partial charge in [0.05, 0.1) is 0 Å². The second-order valence-electron chi connectivity index (χ2n) is 5.71. The number of nitrogens with zero attached hydrogens (tertiary/aromatic N) is 1. The van der Waals surface area contributed by atoms with E-state index < -0.39 is 0 Å². The molecule has 0 aliphatic carbocycles. The fourth-order valence-corrected chi connectivity index (χ4v) is 2.85. The first kappa shape index (κ1) is 12.6. The quantitative estimate of drug-likeness (QED) is 0.741. The van der Waals surface area contributed by atoms with Crippen molar-refractivity contribution in [3.05, 3.63) is 34.9 Å². The molecule has 1 aliphatic heterocycles. The second-order valence-corrected chi connectivity index (χ2v) is 5.71. The molecule has 0 fully saturated rings. The molecule has 1 aliphatic rings. The number of rotatable bonds is 3. The minimum absolute atomic E-state index is 0.580. The maximum Gasteiger partial charge on any atom is 0.0329 e. The average Bonchev–Trinajstić information content (AvgIpc) is 2.65. The van der Waals surface area contributed by atoms with Crippen LogP contribution < -0.4 is 0 Å². The first-order valence-corrected chi connectivity index (χ1v) is 6.93. The Kier molecular flexibility index (Phi) is 3.58. The van der Waals surface area contributed by atoms with E-state index in [9.17, 15) is 0 Å². The third-order valence-corrected chi connectivity index (χ3v) is 4.31. The SMILES string of the molecule is CCC(C)c1ccc2c(c1)CN(C(C)C)C2C. The van der Waals surface area contributed by atoms with E-state index in [1.807, 2.05) is 0 Å². The summed E-state index contributed by atoms with van der Waals surface area (Å²) < 4.78 is 0. The Bertz CT molecular complexity index is 395. The highest BCUT2D eigenvalue weighted by atomic mass is 15.2. The first-order valence-electron chi connectivity index (χ1n) is 6.93. The summed E-state index contributed by atoms with van der Waals surface area (Å²) in [5, 5.41) is 0. The molecule has 2 atom stereocenters. The Morgan fingerprint density at radius 3 is 2.59 bits per heavy atom. The summed E-state index contributed by atoms with van der Waals surface area (Å²) in [6.07, 6.45) is 1.22. The van der Waals surface area contributed by atoms with Crippen LogP contribution in [0, 0.1) is 0 Å². The molecule has 1 heteroatoms. The van der Waals surface area contributed by atoms with E-state index in [0.29, 0.717) is 18.0 Å². The van der Waals surface area contributed by atoms with Gasteiger partial charge in [-0.2, -0.15) is 0 Å². The van der Waals surface area contributed by atoms with Crippen molar-refractivity contribution in [2.75, 3.05) is 0 Å². The molecule has 2 rings (SSSR count). The largest absolute Gasteiger partial charge is 0.290 e. The van der Waals surface area contributed by atoms with Gasteiger partial charge in [0.25, 0.3) is 0 Å². The van der Waals surface area contributed by atoms with Crippen molar-refractivity contribution >= 4 is 0 Å². The highest BCUT2D eigenvalue weighted by Crippen LogP contribution is 2.36. The predicted octanol–water partition coefficient (Wildman–Crippen LogP) is 4.49. The highest BCUT2D eigenvalue weighted by Gasteiger charge is 2.28. The van der Waals surface area contributed by atoms with Crippen molar-refractivity contribution in [2.24, 2.45) is 0 Å². The summed E-state index contributed by atoms with van der Waals surface area (Å²) in [6.45, 7) is 12.6. The molecular weight excluding hydrogens is 206 g/mol. The van der Waals surface area contributed by atoms with E-state index in [2.05, 4.69) is 57.7 Å². The van der Waals surface area contributed by atoms with Gasteiger partial charge in [-0.1, -0.05) is 32.0 Å². The lowest BCUT2D eigenvalue weighted by molar-refractivity contribution is 0.180. The third kappa shape index (κ3) is 2.26. The fraction of sp³-hybridized carbons (Fsp3) is 0.625. The number of hydrogen-bond donors (Lipinski definition) is 0. The molecule has 2 unspecified atom stereocenters. The molecule has 0 aromatic heterocycles. The molecule has 0 N–H and O–H groups in total. The van der Waals surface area contributed by atoms with Gasteiger partial charge in [0.1, 0.15) is 0 Å². The number of hydrogen-bond acceptors (Lipinski definition) is 1. The Balaban J connectivity index is 2.29. The van der Waals surface area contributed by atoms with Crippen LogP contribution >= 0.6 is 0 Å². The van der Waals surface area contributed by atoms with Gasteiger partial charge < -0.3 is 0 Å².